The molecule has 11 nitrogen and oxygen atoms in total. The fraction of sp³-hybridized carbons (Fsp3) is 0.467. The predicted molar refractivity (Wildman–Crippen MR) is 155 cm³/mol. The van der Waals surface area contributed by atoms with E-state index in [0.717, 1.165) is 42.7 Å². The molecule has 1 aliphatic heterocycles. The van der Waals surface area contributed by atoms with Gasteiger partial charge in [0.1, 0.15) is 6.54 Å². The number of carbonyl (C=O) groups is 3. The average Bonchev–Trinajstić information content (AvgIpc) is 3.34. The summed E-state index contributed by atoms with van der Waals surface area (Å²) < 4.78 is 10.9. The van der Waals surface area contributed by atoms with E-state index in [2.05, 4.69) is 20.6 Å². The third kappa shape index (κ3) is 6.55. The molecule has 0 bridgehead atoms. The third-order valence-electron chi connectivity index (χ3n) is 8.16. The number of amides is 2. The van der Waals surface area contributed by atoms with E-state index in [-0.39, 0.29) is 37.1 Å². The lowest BCUT2D eigenvalue weighted by Gasteiger charge is -2.29. The summed E-state index contributed by atoms with van der Waals surface area (Å²) in [4.78, 5) is 47.2. The quantitative estimate of drug-likeness (QED) is 0.289. The molecule has 3 aromatic rings. The number of fused-ring (bicyclic) bond motifs is 2. The van der Waals surface area contributed by atoms with Crippen molar-refractivity contribution in [1.82, 2.24) is 15.3 Å². The fourth-order valence-corrected chi connectivity index (χ4v) is 5.95. The fourth-order valence-electron chi connectivity index (χ4n) is 5.95. The van der Waals surface area contributed by atoms with E-state index in [1.165, 1.54) is 19.1 Å². The normalized spacial score (nSPS) is 20.7. The van der Waals surface area contributed by atoms with E-state index in [9.17, 15) is 19.5 Å². The molecule has 2 aromatic carbocycles. The Kier molecular flexibility index (Phi) is 8.61. The van der Waals surface area contributed by atoms with Gasteiger partial charge in [-0.1, -0.05) is 12.1 Å². The number of aromatic amines is 1. The lowest BCUT2D eigenvalue weighted by Crippen LogP contribution is -2.42. The zero-order valence-electron chi connectivity index (χ0n) is 23.4. The standard InChI is InChI=1S/C30H37N5O6/c1-40-25-14-21-19(13-29(38)39)9-12-28(37)35(24(21)15-26(25)41-2)17-27(36)31-16-18-7-10-20(11-8-18)32-30-33-22-5-3-4-6-23(22)34-30/h3-6,14-15,18-20H,7-13,16-17H2,1-2H3,(H,31,36)(H,38,39)(H2,32,33,34). The van der Waals surface area contributed by atoms with Crippen LogP contribution in [0.25, 0.3) is 11.0 Å². The van der Waals surface area contributed by atoms with Gasteiger partial charge in [-0.15, -0.1) is 0 Å². The lowest BCUT2D eigenvalue weighted by atomic mass is 9.86. The Bertz CT molecular complexity index is 1380. The largest absolute Gasteiger partial charge is 0.493 e. The number of carboxylic acids is 1. The van der Waals surface area contributed by atoms with Gasteiger partial charge in [0.15, 0.2) is 11.5 Å². The number of carboxylic acid groups (broad SMARTS) is 1. The van der Waals surface area contributed by atoms with Crippen LogP contribution in [0.1, 0.15) is 56.4 Å². The Morgan fingerprint density at radius 1 is 1.07 bits per heavy atom. The number of para-hydroxylation sites is 2. The number of nitrogens with zero attached hydrogens (tertiary/aromatic N) is 2. The summed E-state index contributed by atoms with van der Waals surface area (Å²) in [5.74, 6) is 0.185. The van der Waals surface area contributed by atoms with Crippen LogP contribution in [-0.4, -0.2) is 66.2 Å². The van der Waals surface area contributed by atoms with Crippen molar-refractivity contribution in [2.24, 2.45) is 5.92 Å². The molecule has 11 heteroatoms. The van der Waals surface area contributed by atoms with Crippen LogP contribution in [0.4, 0.5) is 11.6 Å². The number of aromatic nitrogens is 2. The van der Waals surface area contributed by atoms with Gasteiger partial charge < -0.3 is 35.1 Å². The highest BCUT2D eigenvalue weighted by molar-refractivity contribution is 6.00. The van der Waals surface area contributed by atoms with Crippen molar-refractivity contribution in [2.75, 3.05) is 37.5 Å². The molecule has 0 spiro atoms. The number of H-pyrrole nitrogens is 1. The lowest BCUT2D eigenvalue weighted by molar-refractivity contribution is -0.137. The molecule has 2 heterocycles. The Labute approximate surface area is 238 Å². The second kappa shape index (κ2) is 12.5. The Hall–Kier alpha value is -4.28. The molecule has 2 aliphatic rings. The zero-order valence-corrected chi connectivity index (χ0v) is 23.4. The minimum Gasteiger partial charge on any atom is -0.493 e. The van der Waals surface area contributed by atoms with Crippen molar-refractivity contribution in [3.05, 3.63) is 42.0 Å². The monoisotopic (exact) mass is 563 g/mol. The Morgan fingerprint density at radius 3 is 2.51 bits per heavy atom. The van der Waals surface area contributed by atoms with Gasteiger partial charge in [-0.25, -0.2) is 4.98 Å². The zero-order chi connectivity index (χ0) is 28.9. The number of anilines is 2. The van der Waals surface area contributed by atoms with E-state index in [1.807, 2.05) is 24.3 Å². The molecule has 1 aliphatic carbocycles. The first-order valence-corrected chi connectivity index (χ1v) is 14.1. The van der Waals surface area contributed by atoms with E-state index in [0.29, 0.717) is 47.7 Å². The average molecular weight is 564 g/mol. The number of benzene rings is 2. The number of ether oxygens (including phenoxy) is 2. The number of imidazole rings is 1. The second-order valence-electron chi connectivity index (χ2n) is 10.8. The summed E-state index contributed by atoms with van der Waals surface area (Å²) in [7, 11) is 3.00. The summed E-state index contributed by atoms with van der Waals surface area (Å²) in [5, 5.41) is 16.0. The van der Waals surface area contributed by atoms with Crippen LogP contribution in [0.15, 0.2) is 36.4 Å². The summed E-state index contributed by atoms with van der Waals surface area (Å²) in [5.41, 5.74) is 3.10. The van der Waals surface area contributed by atoms with Crippen molar-refractivity contribution in [1.29, 1.82) is 0 Å². The minimum atomic E-state index is -0.947. The molecule has 1 atom stereocenters. The van der Waals surface area contributed by atoms with E-state index in [4.69, 9.17) is 9.47 Å². The molecule has 0 saturated heterocycles. The molecule has 0 radical (unpaired) electrons. The highest BCUT2D eigenvalue weighted by atomic mass is 16.5. The number of nitrogens with one attached hydrogen (secondary N) is 3. The molecule has 218 valence electrons. The number of carbonyl (C=O) groups excluding carboxylic acids is 2. The summed E-state index contributed by atoms with van der Waals surface area (Å²) >= 11 is 0. The maximum absolute atomic E-state index is 13.2. The van der Waals surface area contributed by atoms with E-state index < -0.39 is 5.97 Å². The van der Waals surface area contributed by atoms with Gasteiger partial charge in [-0.05, 0) is 67.7 Å². The first kappa shape index (κ1) is 28.3. The van der Waals surface area contributed by atoms with Crippen LogP contribution in [0.5, 0.6) is 11.5 Å². The van der Waals surface area contributed by atoms with E-state index >= 15 is 0 Å². The molecule has 5 rings (SSSR count). The molecule has 2 amide bonds. The number of rotatable bonds is 10. The van der Waals surface area contributed by atoms with Crippen molar-refractivity contribution >= 4 is 40.5 Å². The van der Waals surface area contributed by atoms with Crippen LogP contribution < -0.4 is 25.0 Å². The minimum absolute atomic E-state index is 0.121. The van der Waals surface area contributed by atoms with Gasteiger partial charge in [-0.3, -0.25) is 14.4 Å². The second-order valence-corrected chi connectivity index (χ2v) is 10.8. The van der Waals surface area contributed by atoms with Gasteiger partial charge in [0.25, 0.3) is 0 Å². The summed E-state index contributed by atoms with van der Waals surface area (Å²) in [6.07, 6.45) is 4.28. The summed E-state index contributed by atoms with van der Waals surface area (Å²) in [6.45, 7) is 0.392. The number of methoxy groups -OCH3 is 2. The van der Waals surface area contributed by atoms with Crippen molar-refractivity contribution in [3.63, 3.8) is 0 Å². The molecular formula is C30H37N5O6. The van der Waals surface area contributed by atoms with Gasteiger partial charge in [0, 0.05) is 25.1 Å². The van der Waals surface area contributed by atoms with E-state index in [1.54, 1.807) is 12.1 Å². The molecule has 41 heavy (non-hydrogen) atoms. The maximum Gasteiger partial charge on any atom is 0.303 e. The molecule has 1 unspecified atom stereocenters. The van der Waals surface area contributed by atoms with Gasteiger partial charge >= 0.3 is 5.97 Å². The Balaban J connectivity index is 1.19. The number of hydrogen-bond donors (Lipinski definition) is 4. The smallest absolute Gasteiger partial charge is 0.303 e. The van der Waals surface area contributed by atoms with Gasteiger partial charge in [-0.2, -0.15) is 0 Å². The molecule has 1 fully saturated rings. The maximum atomic E-state index is 13.2. The number of aliphatic carboxylic acids is 1. The van der Waals surface area contributed by atoms with Gasteiger partial charge in [0.2, 0.25) is 17.8 Å². The highest BCUT2D eigenvalue weighted by Gasteiger charge is 2.32. The molecule has 1 saturated carbocycles. The van der Waals surface area contributed by atoms with Crippen molar-refractivity contribution in [2.45, 2.75) is 56.9 Å². The van der Waals surface area contributed by atoms with Crippen LogP contribution >= 0.6 is 0 Å². The SMILES string of the molecule is COc1cc2c(cc1OC)N(CC(=O)NCC1CCC(Nc3nc4ccccc4[nH]3)CC1)C(=O)CCC2CC(=O)O. The molecule has 4 N–H and O–H groups in total. The van der Waals surface area contributed by atoms with Crippen LogP contribution in [0, 0.1) is 5.92 Å². The first-order valence-electron chi connectivity index (χ1n) is 14.1. The molecular weight excluding hydrogens is 526 g/mol. The third-order valence-corrected chi connectivity index (χ3v) is 8.16. The number of hydrogen-bond acceptors (Lipinski definition) is 7. The van der Waals surface area contributed by atoms with Crippen LogP contribution in [0.2, 0.25) is 0 Å². The predicted octanol–water partition coefficient (Wildman–Crippen LogP) is 4.05. The first-order chi connectivity index (χ1) is 19.8. The van der Waals surface area contributed by atoms with Crippen molar-refractivity contribution in [3.8, 4) is 11.5 Å². The van der Waals surface area contributed by atoms with Crippen LogP contribution in [0.3, 0.4) is 0 Å². The Morgan fingerprint density at radius 2 is 1.80 bits per heavy atom. The van der Waals surface area contributed by atoms with Crippen LogP contribution in [-0.2, 0) is 14.4 Å². The highest BCUT2D eigenvalue weighted by Crippen LogP contribution is 2.43. The summed E-state index contributed by atoms with van der Waals surface area (Å²) in [6, 6.07) is 11.6. The topological polar surface area (TPSA) is 146 Å². The van der Waals surface area contributed by atoms with Gasteiger partial charge in [0.05, 0.1) is 37.4 Å². The van der Waals surface area contributed by atoms with Crippen molar-refractivity contribution < 1.29 is 29.0 Å². The molecule has 1 aromatic heterocycles.